The molecule has 0 unspecified atom stereocenters. The van der Waals surface area contributed by atoms with Crippen LogP contribution in [0.15, 0.2) is 48.8 Å². The molecule has 128 valence electrons. The second-order valence-corrected chi connectivity index (χ2v) is 6.49. The first kappa shape index (κ1) is 15.7. The number of nitrogens with one attached hydrogen (secondary N) is 2. The van der Waals surface area contributed by atoms with Gasteiger partial charge in [0.2, 0.25) is 0 Å². The zero-order valence-electron chi connectivity index (χ0n) is 14.2. The number of hydrogen-bond acceptors (Lipinski definition) is 3. The average molecular weight is 334 g/mol. The van der Waals surface area contributed by atoms with E-state index in [9.17, 15) is 4.79 Å². The maximum Gasteiger partial charge on any atom is 0.251 e. The maximum atomic E-state index is 12.5. The molecule has 2 aromatic carbocycles. The number of imidazole rings is 1. The highest BCUT2D eigenvalue weighted by molar-refractivity contribution is 5.97. The number of piperidine rings is 1. The topological polar surface area (TPSA) is 61.0 Å². The fourth-order valence-electron chi connectivity index (χ4n) is 3.46. The molecule has 0 spiro atoms. The van der Waals surface area contributed by atoms with Crippen molar-refractivity contribution in [2.75, 3.05) is 18.0 Å². The van der Waals surface area contributed by atoms with E-state index in [1.54, 1.807) is 6.33 Å². The summed E-state index contributed by atoms with van der Waals surface area (Å²) < 4.78 is 0. The first-order valence-electron chi connectivity index (χ1n) is 8.85. The second-order valence-electron chi connectivity index (χ2n) is 6.49. The Morgan fingerprint density at radius 2 is 1.96 bits per heavy atom. The number of rotatable bonds is 4. The Labute approximate surface area is 147 Å². The highest BCUT2D eigenvalue weighted by Crippen LogP contribution is 2.24. The van der Waals surface area contributed by atoms with Crippen molar-refractivity contribution in [1.82, 2.24) is 15.3 Å². The van der Waals surface area contributed by atoms with Crippen LogP contribution in [0.4, 0.5) is 5.69 Å². The molecular formula is C20H22N4O. The van der Waals surface area contributed by atoms with Crippen molar-refractivity contribution in [3.63, 3.8) is 0 Å². The van der Waals surface area contributed by atoms with Gasteiger partial charge in [-0.25, -0.2) is 4.98 Å². The van der Waals surface area contributed by atoms with Gasteiger partial charge in [-0.3, -0.25) is 4.79 Å². The van der Waals surface area contributed by atoms with Gasteiger partial charge in [-0.15, -0.1) is 0 Å². The Morgan fingerprint density at radius 1 is 1.12 bits per heavy atom. The standard InChI is InChI=1S/C20H22N4O/c25-20(15-8-9-17-18(12-15)23-14-22-17)21-13-16-6-2-3-7-19(16)24-10-4-1-5-11-24/h2-3,6-9,12,14H,1,4-5,10-11,13H2,(H,21,25)(H,22,23). The van der Waals surface area contributed by atoms with E-state index in [0.29, 0.717) is 12.1 Å². The predicted molar refractivity (Wildman–Crippen MR) is 99.8 cm³/mol. The average Bonchev–Trinajstić information content (AvgIpc) is 3.15. The Bertz CT molecular complexity index is 880. The Kier molecular flexibility index (Phi) is 4.37. The summed E-state index contributed by atoms with van der Waals surface area (Å²) in [5, 5.41) is 3.05. The third-order valence-electron chi connectivity index (χ3n) is 4.81. The summed E-state index contributed by atoms with van der Waals surface area (Å²) in [5.74, 6) is -0.0649. The molecule has 0 aliphatic carbocycles. The van der Waals surface area contributed by atoms with Gasteiger partial charge in [0.25, 0.3) is 5.91 Å². The first-order valence-corrected chi connectivity index (χ1v) is 8.85. The van der Waals surface area contributed by atoms with Crippen LogP contribution < -0.4 is 10.2 Å². The molecule has 1 fully saturated rings. The van der Waals surface area contributed by atoms with Gasteiger partial charge in [-0.2, -0.15) is 0 Å². The van der Waals surface area contributed by atoms with E-state index in [2.05, 4.69) is 38.4 Å². The fourth-order valence-corrected chi connectivity index (χ4v) is 3.46. The third kappa shape index (κ3) is 3.36. The molecule has 1 aliphatic rings. The summed E-state index contributed by atoms with van der Waals surface area (Å²) >= 11 is 0. The lowest BCUT2D eigenvalue weighted by Crippen LogP contribution is -2.31. The number of fused-ring (bicyclic) bond motifs is 1. The summed E-state index contributed by atoms with van der Waals surface area (Å²) in [6.07, 6.45) is 5.43. The van der Waals surface area contributed by atoms with Crippen LogP contribution in [0.3, 0.4) is 0 Å². The van der Waals surface area contributed by atoms with Crippen LogP contribution >= 0.6 is 0 Å². The van der Waals surface area contributed by atoms with E-state index in [-0.39, 0.29) is 5.91 Å². The van der Waals surface area contributed by atoms with Gasteiger partial charge in [0.15, 0.2) is 0 Å². The van der Waals surface area contributed by atoms with Gasteiger partial charge in [-0.1, -0.05) is 18.2 Å². The molecule has 2 heterocycles. The van der Waals surface area contributed by atoms with Crippen molar-refractivity contribution >= 4 is 22.6 Å². The van der Waals surface area contributed by atoms with Crippen molar-refractivity contribution in [2.45, 2.75) is 25.8 Å². The quantitative estimate of drug-likeness (QED) is 0.768. The van der Waals surface area contributed by atoms with Gasteiger partial charge >= 0.3 is 0 Å². The molecule has 0 radical (unpaired) electrons. The number of amides is 1. The van der Waals surface area contributed by atoms with Gasteiger partial charge in [0.1, 0.15) is 0 Å². The SMILES string of the molecule is O=C(NCc1ccccc1N1CCCCC1)c1ccc2nc[nH]c2c1. The molecular weight excluding hydrogens is 312 g/mol. The Balaban J connectivity index is 1.48. The maximum absolute atomic E-state index is 12.5. The molecule has 0 saturated carbocycles. The van der Waals surface area contributed by atoms with E-state index >= 15 is 0 Å². The van der Waals surface area contributed by atoms with Crippen LogP contribution in [-0.4, -0.2) is 29.0 Å². The zero-order chi connectivity index (χ0) is 17.1. The minimum atomic E-state index is -0.0649. The minimum Gasteiger partial charge on any atom is -0.371 e. The Morgan fingerprint density at radius 3 is 2.84 bits per heavy atom. The summed E-state index contributed by atoms with van der Waals surface area (Å²) in [4.78, 5) is 22.2. The summed E-state index contributed by atoms with van der Waals surface area (Å²) in [5.41, 5.74) is 4.80. The molecule has 5 nitrogen and oxygen atoms in total. The van der Waals surface area contributed by atoms with Crippen LogP contribution in [0.25, 0.3) is 11.0 Å². The zero-order valence-corrected chi connectivity index (χ0v) is 14.2. The summed E-state index contributed by atoms with van der Waals surface area (Å²) in [6.45, 7) is 2.73. The van der Waals surface area contributed by atoms with Crippen molar-refractivity contribution in [2.24, 2.45) is 0 Å². The van der Waals surface area contributed by atoms with Crippen LogP contribution in [-0.2, 0) is 6.54 Å². The molecule has 1 aromatic heterocycles. The van der Waals surface area contributed by atoms with Crippen molar-refractivity contribution in [1.29, 1.82) is 0 Å². The molecule has 5 heteroatoms. The molecule has 4 rings (SSSR count). The van der Waals surface area contributed by atoms with Crippen molar-refractivity contribution in [3.8, 4) is 0 Å². The molecule has 0 atom stereocenters. The minimum absolute atomic E-state index is 0.0649. The third-order valence-corrected chi connectivity index (χ3v) is 4.81. The number of aromatic amines is 1. The first-order chi connectivity index (χ1) is 12.3. The molecule has 2 N–H and O–H groups in total. The van der Waals surface area contributed by atoms with Gasteiger partial charge in [0, 0.05) is 30.9 Å². The van der Waals surface area contributed by atoms with Gasteiger partial charge < -0.3 is 15.2 Å². The number of H-pyrrole nitrogens is 1. The van der Waals surface area contributed by atoms with Crippen molar-refractivity contribution < 1.29 is 4.79 Å². The largest absolute Gasteiger partial charge is 0.371 e. The number of nitrogens with zero attached hydrogens (tertiary/aromatic N) is 2. The summed E-state index contributed by atoms with van der Waals surface area (Å²) in [7, 11) is 0. The van der Waals surface area contributed by atoms with Crippen LogP contribution in [0.1, 0.15) is 35.2 Å². The predicted octanol–water partition coefficient (Wildman–Crippen LogP) is 3.48. The van der Waals surface area contributed by atoms with Crippen molar-refractivity contribution in [3.05, 3.63) is 59.9 Å². The number of anilines is 1. The number of aromatic nitrogens is 2. The normalized spacial score (nSPS) is 14.6. The lowest BCUT2D eigenvalue weighted by atomic mass is 10.1. The summed E-state index contributed by atoms with van der Waals surface area (Å²) in [6, 6.07) is 13.9. The molecule has 25 heavy (non-hydrogen) atoms. The van der Waals surface area contributed by atoms with Crippen LogP contribution in [0.5, 0.6) is 0 Å². The Hall–Kier alpha value is -2.82. The lowest BCUT2D eigenvalue weighted by Gasteiger charge is -2.30. The van der Waals surface area contributed by atoms with E-state index in [0.717, 1.165) is 24.1 Å². The van der Waals surface area contributed by atoms with E-state index in [1.807, 2.05) is 24.3 Å². The second kappa shape index (κ2) is 6.97. The monoisotopic (exact) mass is 334 g/mol. The smallest absolute Gasteiger partial charge is 0.251 e. The molecule has 1 amide bonds. The number of carbonyl (C=O) groups excluding carboxylic acids is 1. The van der Waals surface area contributed by atoms with Crippen LogP contribution in [0, 0.1) is 0 Å². The molecule has 0 bridgehead atoms. The highest BCUT2D eigenvalue weighted by atomic mass is 16.1. The number of carbonyl (C=O) groups is 1. The van der Waals surface area contributed by atoms with Gasteiger partial charge in [-0.05, 0) is 49.1 Å². The molecule has 3 aromatic rings. The highest BCUT2D eigenvalue weighted by Gasteiger charge is 2.15. The van der Waals surface area contributed by atoms with E-state index in [1.165, 1.54) is 30.5 Å². The lowest BCUT2D eigenvalue weighted by molar-refractivity contribution is 0.0951. The van der Waals surface area contributed by atoms with E-state index < -0.39 is 0 Å². The van der Waals surface area contributed by atoms with Crippen LogP contribution in [0.2, 0.25) is 0 Å². The van der Waals surface area contributed by atoms with E-state index in [4.69, 9.17) is 0 Å². The fraction of sp³-hybridized carbons (Fsp3) is 0.300. The number of benzene rings is 2. The number of hydrogen-bond donors (Lipinski definition) is 2. The molecule has 1 aliphatic heterocycles. The van der Waals surface area contributed by atoms with Gasteiger partial charge in [0.05, 0.1) is 17.4 Å². The number of para-hydroxylation sites is 1. The molecule has 1 saturated heterocycles.